The Morgan fingerprint density at radius 3 is 2.74 bits per heavy atom. The molecule has 2 aromatic heterocycles. The van der Waals surface area contributed by atoms with Crippen LogP contribution in [0.3, 0.4) is 0 Å². The van der Waals surface area contributed by atoms with E-state index in [9.17, 15) is 19.1 Å². The van der Waals surface area contributed by atoms with Crippen molar-refractivity contribution in [1.82, 2.24) is 20.3 Å². The normalized spacial score (nSPS) is 19.8. The third kappa shape index (κ3) is 4.61. The summed E-state index contributed by atoms with van der Waals surface area (Å²) in [5, 5.41) is 18.1. The zero-order valence-corrected chi connectivity index (χ0v) is 17.5. The fourth-order valence-electron chi connectivity index (χ4n) is 3.54. The van der Waals surface area contributed by atoms with Gasteiger partial charge in [-0.15, -0.1) is 0 Å². The lowest BCUT2D eigenvalue weighted by molar-refractivity contribution is -0.383. The molecular formula is C18H22N8O4S. The van der Waals surface area contributed by atoms with Gasteiger partial charge in [0.1, 0.15) is 12.1 Å². The molecule has 2 aromatic rings. The van der Waals surface area contributed by atoms with Crippen molar-refractivity contribution in [2.45, 2.75) is 6.04 Å². The zero-order chi connectivity index (χ0) is 21.8. The number of nitro groups is 1. The smallest absolute Gasteiger partial charge is 0.349 e. The van der Waals surface area contributed by atoms with Crippen LogP contribution >= 0.6 is 0 Å². The van der Waals surface area contributed by atoms with E-state index in [1.165, 1.54) is 0 Å². The highest BCUT2D eigenvalue weighted by Gasteiger charge is 2.33. The number of piperazine rings is 1. The van der Waals surface area contributed by atoms with Gasteiger partial charge in [0.2, 0.25) is 17.6 Å². The highest BCUT2D eigenvalue weighted by Crippen LogP contribution is 2.36. The van der Waals surface area contributed by atoms with Crippen molar-refractivity contribution >= 4 is 46.2 Å². The molecule has 0 aliphatic carbocycles. The molecule has 4 rings (SSSR count). The molecule has 0 bridgehead atoms. The maximum Gasteiger partial charge on any atom is 0.353 e. The second-order valence-corrected chi connectivity index (χ2v) is 8.77. The summed E-state index contributed by atoms with van der Waals surface area (Å²) in [7, 11) is -0.951. The topological polar surface area (TPSA) is 146 Å². The van der Waals surface area contributed by atoms with Gasteiger partial charge in [-0.1, -0.05) is 6.07 Å². The zero-order valence-electron chi connectivity index (χ0n) is 16.6. The molecule has 0 aromatic carbocycles. The van der Waals surface area contributed by atoms with Crippen LogP contribution < -0.4 is 20.4 Å². The predicted octanol–water partition coefficient (Wildman–Crippen LogP) is 0.0692. The number of anilines is 4. The summed E-state index contributed by atoms with van der Waals surface area (Å²) in [6, 6.07) is 4.68. The molecule has 1 atom stereocenters. The Morgan fingerprint density at radius 2 is 2.06 bits per heavy atom. The number of hydrogen-bond acceptors (Lipinski definition) is 11. The lowest BCUT2D eigenvalue weighted by atomic mass is 10.2. The summed E-state index contributed by atoms with van der Waals surface area (Å²) in [5.41, 5.74) is -0.278. The minimum atomic E-state index is -0.951. The van der Waals surface area contributed by atoms with Crippen molar-refractivity contribution < 1.29 is 13.9 Å². The van der Waals surface area contributed by atoms with Gasteiger partial charge in [0.05, 0.1) is 11.0 Å². The first-order valence-corrected chi connectivity index (χ1v) is 11.3. The summed E-state index contributed by atoms with van der Waals surface area (Å²) < 4.78 is 11.8. The van der Waals surface area contributed by atoms with E-state index in [-0.39, 0.29) is 23.3 Å². The number of aromatic nitrogens is 3. The molecule has 1 unspecified atom stereocenters. The first kappa shape index (κ1) is 21.1. The fraction of sp³-hybridized carbons (Fsp3) is 0.444. The van der Waals surface area contributed by atoms with Gasteiger partial charge in [-0.05, 0) is 12.1 Å². The van der Waals surface area contributed by atoms with Gasteiger partial charge in [0.15, 0.2) is 0 Å². The molecule has 13 heteroatoms. The molecule has 2 aliphatic heterocycles. The van der Waals surface area contributed by atoms with Crippen molar-refractivity contribution in [2.24, 2.45) is 0 Å². The van der Waals surface area contributed by atoms with Crippen LogP contribution in [0.1, 0.15) is 0 Å². The van der Waals surface area contributed by atoms with Crippen molar-refractivity contribution in [3.05, 3.63) is 34.5 Å². The lowest BCUT2D eigenvalue weighted by Gasteiger charge is -2.34. The van der Waals surface area contributed by atoms with E-state index in [0.29, 0.717) is 50.0 Å². The maximum atomic E-state index is 12.0. The molecule has 0 saturated carbocycles. The largest absolute Gasteiger partial charge is 0.353 e. The van der Waals surface area contributed by atoms with Gasteiger partial charge >= 0.3 is 5.69 Å². The van der Waals surface area contributed by atoms with Gasteiger partial charge in [-0.2, -0.15) is 9.97 Å². The monoisotopic (exact) mass is 446 g/mol. The van der Waals surface area contributed by atoms with Crippen LogP contribution in [0.15, 0.2) is 24.4 Å². The molecule has 31 heavy (non-hydrogen) atoms. The summed E-state index contributed by atoms with van der Waals surface area (Å²) in [6.45, 7) is 2.31. The summed E-state index contributed by atoms with van der Waals surface area (Å²) >= 11 is 0. The number of hydrogen-bond donors (Lipinski definition) is 2. The molecule has 2 N–H and O–H groups in total. The Kier molecular flexibility index (Phi) is 6.32. The number of carbonyl (C=O) groups is 1. The number of aldehydes is 1. The Morgan fingerprint density at radius 1 is 1.26 bits per heavy atom. The van der Waals surface area contributed by atoms with Crippen LogP contribution in [0, 0.1) is 10.1 Å². The number of rotatable bonds is 6. The van der Waals surface area contributed by atoms with Crippen molar-refractivity contribution in [1.29, 1.82) is 0 Å². The number of pyridine rings is 1. The second kappa shape index (κ2) is 9.31. The molecule has 0 radical (unpaired) electrons. The predicted molar refractivity (Wildman–Crippen MR) is 116 cm³/mol. The van der Waals surface area contributed by atoms with Crippen LogP contribution in [0.5, 0.6) is 0 Å². The highest BCUT2D eigenvalue weighted by atomic mass is 32.2. The highest BCUT2D eigenvalue weighted by molar-refractivity contribution is 7.85. The Balaban J connectivity index is 1.82. The quantitative estimate of drug-likeness (QED) is 0.353. The SMILES string of the molecule is O=CC1CNCCN1c1nc(Nc2ccccn2)c([N+](=O)[O-])c(N2CCS(=O)CC2)n1. The third-order valence-electron chi connectivity index (χ3n) is 5.12. The van der Waals surface area contributed by atoms with Crippen molar-refractivity contribution in [3.8, 4) is 0 Å². The molecule has 164 valence electrons. The van der Waals surface area contributed by atoms with Crippen LogP contribution in [-0.2, 0) is 15.6 Å². The van der Waals surface area contributed by atoms with E-state index in [2.05, 4.69) is 25.6 Å². The molecule has 2 aliphatic rings. The van der Waals surface area contributed by atoms with E-state index in [1.807, 2.05) is 0 Å². The number of nitrogens with zero attached hydrogens (tertiary/aromatic N) is 6. The Labute approximate surface area is 180 Å². The first-order valence-electron chi connectivity index (χ1n) is 9.84. The summed E-state index contributed by atoms with van der Waals surface area (Å²) in [6.07, 6.45) is 2.38. The van der Waals surface area contributed by atoms with Gasteiger partial charge in [-0.25, -0.2) is 4.98 Å². The first-order chi connectivity index (χ1) is 15.1. The van der Waals surface area contributed by atoms with Crippen LogP contribution in [0.4, 0.5) is 29.1 Å². The molecule has 4 heterocycles. The number of nitrogens with one attached hydrogen (secondary N) is 2. The molecular weight excluding hydrogens is 424 g/mol. The van der Waals surface area contributed by atoms with E-state index in [4.69, 9.17) is 0 Å². The van der Waals surface area contributed by atoms with E-state index in [0.717, 1.165) is 6.29 Å². The maximum absolute atomic E-state index is 12.0. The van der Waals surface area contributed by atoms with Gasteiger partial charge in [0.25, 0.3) is 0 Å². The molecule has 2 saturated heterocycles. The Bertz CT molecular complexity index is 982. The second-order valence-electron chi connectivity index (χ2n) is 7.08. The fourth-order valence-corrected chi connectivity index (χ4v) is 4.59. The van der Waals surface area contributed by atoms with Gasteiger partial charge in [-0.3, -0.25) is 14.3 Å². The molecule has 2 fully saturated rings. The van der Waals surface area contributed by atoms with E-state index in [1.54, 1.807) is 34.2 Å². The van der Waals surface area contributed by atoms with Crippen LogP contribution in [-0.4, -0.2) is 80.6 Å². The van der Waals surface area contributed by atoms with Gasteiger partial charge < -0.3 is 25.2 Å². The van der Waals surface area contributed by atoms with Crippen LogP contribution in [0.2, 0.25) is 0 Å². The Hall–Kier alpha value is -3.19. The standard InChI is InChI=1S/C18H22N8O4S/c27-12-13-11-19-5-6-25(13)18-22-16(21-14-3-1-2-4-20-14)15(26(28)29)17(23-18)24-7-9-31(30)10-8-24/h1-4,12-13,19H,5-11H2,(H,20,21,22,23). The van der Waals surface area contributed by atoms with E-state index < -0.39 is 21.8 Å². The average molecular weight is 446 g/mol. The van der Waals surface area contributed by atoms with Crippen LogP contribution in [0.25, 0.3) is 0 Å². The summed E-state index contributed by atoms with van der Waals surface area (Å²) in [5.74, 6) is 1.58. The minimum Gasteiger partial charge on any atom is -0.349 e. The number of carbonyl (C=O) groups excluding carboxylic acids is 1. The molecule has 0 spiro atoms. The van der Waals surface area contributed by atoms with Crippen molar-refractivity contribution in [3.63, 3.8) is 0 Å². The molecule has 12 nitrogen and oxygen atoms in total. The lowest BCUT2D eigenvalue weighted by Crippen LogP contribution is -2.53. The van der Waals surface area contributed by atoms with Gasteiger partial charge in [0, 0.05) is 61.2 Å². The van der Waals surface area contributed by atoms with E-state index >= 15 is 0 Å². The summed E-state index contributed by atoms with van der Waals surface area (Å²) in [4.78, 5) is 39.7. The third-order valence-corrected chi connectivity index (χ3v) is 6.40. The van der Waals surface area contributed by atoms with Crippen molar-refractivity contribution in [2.75, 3.05) is 59.3 Å². The minimum absolute atomic E-state index is 0.00132. The average Bonchev–Trinajstić information content (AvgIpc) is 2.79. The molecule has 0 amide bonds.